The van der Waals surface area contributed by atoms with Gasteiger partial charge in [-0.25, -0.2) is 0 Å². The molecule has 172 valence electrons. The van der Waals surface area contributed by atoms with Crippen molar-refractivity contribution in [2.75, 3.05) is 24.7 Å². The lowest BCUT2D eigenvalue weighted by atomic mass is 9.96. The number of benzene rings is 2. The molecule has 0 N–H and O–H groups in total. The highest BCUT2D eigenvalue weighted by molar-refractivity contribution is 7.85. The Morgan fingerprint density at radius 2 is 1.74 bits per heavy atom. The van der Waals surface area contributed by atoms with E-state index in [2.05, 4.69) is 58.0 Å². The maximum absolute atomic E-state index is 12.5. The van der Waals surface area contributed by atoms with Gasteiger partial charge in [-0.1, -0.05) is 58.2 Å². The third-order valence-corrected chi connectivity index (χ3v) is 6.61. The fourth-order valence-corrected chi connectivity index (χ4v) is 4.89. The minimum atomic E-state index is -0.806. The van der Waals surface area contributed by atoms with Gasteiger partial charge in [0.15, 0.2) is 0 Å². The molecule has 0 fully saturated rings. The monoisotopic (exact) mass is 446 g/mol. The molecule has 0 aliphatic carbocycles. The van der Waals surface area contributed by atoms with Crippen LogP contribution >= 0.6 is 0 Å². The van der Waals surface area contributed by atoms with E-state index >= 15 is 0 Å². The third-order valence-electron chi connectivity index (χ3n) is 4.95. The zero-order chi connectivity index (χ0) is 23.2. The van der Waals surface area contributed by atoms with Crippen LogP contribution in [0.5, 0.6) is 0 Å². The predicted octanol–water partition coefficient (Wildman–Crippen LogP) is 6.62. The van der Waals surface area contributed by atoms with Crippen molar-refractivity contribution in [3.05, 3.63) is 64.2 Å². The Kier molecular flexibility index (Phi) is 12.8. The van der Waals surface area contributed by atoms with Gasteiger partial charge in [0.2, 0.25) is 0 Å². The highest BCUT2D eigenvalue weighted by Crippen LogP contribution is 2.29. The molecular weight excluding hydrogens is 408 g/mol. The van der Waals surface area contributed by atoms with E-state index < -0.39 is 15.7 Å². The maximum Gasteiger partial charge on any atom is 0.269 e. The van der Waals surface area contributed by atoms with Gasteiger partial charge >= 0.3 is 0 Å². The summed E-state index contributed by atoms with van der Waals surface area (Å²) in [5.74, 6) is 1.49. The molecule has 6 heteroatoms. The summed E-state index contributed by atoms with van der Waals surface area (Å²) >= 11 is 0. The molecule has 0 amide bonds. The van der Waals surface area contributed by atoms with Gasteiger partial charge < -0.3 is 4.90 Å². The first-order chi connectivity index (χ1) is 14.8. The van der Waals surface area contributed by atoms with E-state index in [1.165, 1.54) is 55.5 Å². The molecule has 1 heterocycles. The summed E-state index contributed by atoms with van der Waals surface area (Å²) in [7, 11) is 3.30. The number of unbranched alkanes of at least 4 members (excludes halogenated alkanes) is 1. The number of rotatable bonds is 5. The van der Waals surface area contributed by atoms with Crippen LogP contribution in [0.25, 0.3) is 0 Å². The van der Waals surface area contributed by atoms with Gasteiger partial charge in [-0.15, -0.1) is 0 Å². The highest BCUT2D eigenvalue weighted by Gasteiger charge is 2.21. The molecule has 3 rings (SSSR count). The Morgan fingerprint density at radius 3 is 2.26 bits per heavy atom. The molecule has 0 bridgehead atoms. The zero-order valence-corrected chi connectivity index (χ0v) is 20.5. The summed E-state index contributed by atoms with van der Waals surface area (Å²) in [5, 5.41) is 10.0. The number of nitro groups is 1. The van der Waals surface area contributed by atoms with E-state index in [4.69, 9.17) is 0 Å². The van der Waals surface area contributed by atoms with Crippen molar-refractivity contribution in [1.29, 1.82) is 0 Å². The summed E-state index contributed by atoms with van der Waals surface area (Å²) in [6, 6.07) is 14.3. The maximum atomic E-state index is 12.5. The number of fused-ring (bicyclic) bond motifs is 1. The molecule has 31 heavy (non-hydrogen) atoms. The summed E-state index contributed by atoms with van der Waals surface area (Å²) < 4.78 is 12.5. The third kappa shape index (κ3) is 9.64. The van der Waals surface area contributed by atoms with Crippen LogP contribution in [-0.4, -0.2) is 29.0 Å². The van der Waals surface area contributed by atoms with Crippen LogP contribution in [0.4, 0.5) is 11.4 Å². The van der Waals surface area contributed by atoms with Gasteiger partial charge in [-0.3, -0.25) is 14.3 Å². The second-order valence-corrected chi connectivity index (χ2v) is 9.51. The number of nitrogens with zero attached hydrogens (tertiary/aromatic N) is 2. The lowest BCUT2D eigenvalue weighted by molar-refractivity contribution is -0.384. The smallest absolute Gasteiger partial charge is 0.269 e. The molecule has 2 atom stereocenters. The first-order valence-corrected chi connectivity index (χ1v) is 12.5. The van der Waals surface area contributed by atoms with E-state index in [0.29, 0.717) is 5.92 Å². The lowest BCUT2D eigenvalue weighted by Gasteiger charge is -2.15. The predicted molar refractivity (Wildman–Crippen MR) is 132 cm³/mol. The van der Waals surface area contributed by atoms with Crippen LogP contribution in [-0.2, 0) is 17.2 Å². The van der Waals surface area contributed by atoms with Crippen molar-refractivity contribution in [3.63, 3.8) is 0 Å². The normalized spacial score (nSPS) is 17.1. The Labute approximate surface area is 190 Å². The van der Waals surface area contributed by atoms with Crippen molar-refractivity contribution >= 4 is 22.2 Å². The Balaban J connectivity index is 0.000000333. The zero-order valence-electron chi connectivity index (χ0n) is 19.7. The SMILES string of the molecule is CCC.CCCCC1CCc2cc(N(C)C)ccc2S(=O)C1.O=[N+]([O-])c1ccccc1. The molecule has 5 nitrogen and oxygen atoms in total. The van der Waals surface area contributed by atoms with E-state index in [-0.39, 0.29) is 5.69 Å². The number of hydrogen-bond donors (Lipinski definition) is 0. The van der Waals surface area contributed by atoms with Crippen LogP contribution in [0.3, 0.4) is 0 Å². The number of anilines is 1. The Hall–Kier alpha value is -2.21. The van der Waals surface area contributed by atoms with Crippen molar-refractivity contribution in [1.82, 2.24) is 0 Å². The molecule has 2 unspecified atom stereocenters. The standard InChI is InChI=1S/C16H25NOS.C6H5NO2.C3H8/c1-4-5-6-13-7-8-14-11-15(17(2)3)9-10-16(14)19(18)12-13;8-7(9)6-4-2-1-3-5-6;1-3-2/h9-11,13H,4-8,12H2,1-3H3;1-5H;3H2,1-2H3. The highest BCUT2D eigenvalue weighted by atomic mass is 32.2. The van der Waals surface area contributed by atoms with Gasteiger partial charge in [0, 0.05) is 42.6 Å². The quantitative estimate of drug-likeness (QED) is 0.382. The molecule has 0 radical (unpaired) electrons. The number of non-ortho nitro benzene ring substituents is 1. The van der Waals surface area contributed by atoms with E-state index in [0.717, 1.165) is 17.1 Å². The van der Waals surface area contributed by atoms with Crippen molar-refractivity contribution in [2.24, 2.45) is 5.92 Å². The molecule has 0 saturated carbocycles. The summed E-state index contributed by atoms with van der Waals surface area (Å²) in [4.78, 5) is 12.8. The topological polar surface area (TPSA) is 63.5 Å². The molecule has 1 aliphatic heterocycles. The fraction of sp³-hybridized carbons (Fsp3) is 0.520. The minimum Gasteiger partial charge on any atom is -0.378 e. The van der Waals surface area contributed by atoms with E-state index in [9.17, 15) is 14.3 Å². The fourth-order valence-electron chi connectivity index (χ4n) is 3.28. The van der Waals surface area contributed by atoms with Gasteiger partial charge in [0.05, 0.1) is 15.7 Å². The van der Waals surface area contributed by atoms with E-state index in [1.54, 1.807) is 18.2 Å². The van der Waals surface area contributed by atoms with Crippen molar-refractivity contribution in [2.45, 2.75) is 64.2 Å². The first-order valence-electron chi connectivity index (χ1n) is 11.2. The van der Waals surface area contributed by atoms with Gasteiger partial charge in [-0.2, -0.15) is 0 Å². The molecule has 1 aliphatic rings. The number of aryl methyl sites for hydroxylation is 1. The molecule has 0 saturated heterocycles. The van der Waals surface area contributed by atoms with Crippen molar-refractivity contribution < 1.29 is 9.13 Å². The first kappa shape index (κ1) is 26.8. The van der Waals surface area contributed by atoms with Gasteiger partial charge in [-0.05, 0) is 48.9 Å². The van der Waals surface area contributed by atoms with Crippen LogP contribution in [0.2, 0.25) is 0 Å². The van der Waals surface area contributed by atoms with Gasteiger partial charge in [0.25, 0.3) is 5.69 Å². The number of nitro benzene ring substituents is 1. The Morgan fingerprint density at radius 1 is 1.10 bits per heavy atom. The summed E-state index contributed by atoms with van der Waals surface area (Å²) in [6.45, 7) is 6.48. The van der Waals surface area contributed by atoms with Crippen LogP contribution in [0.15, 0.2) is 53.4 Å². The van der Waals surface area contributed by atoms with Crippen LogP contribution < -0.4 is 4.90 Å². The molecule has 0 spiro atoms. The van der Waals surface area contributed by atoms with E-state index in [1.807, 2.05) is 0 Å². The second kappa shape index (κ2) is 14.7. The minimum absolute atomic E-state index is 0.137. The number of hydrogen-bond acceptors (Lipinski definition) is 4. The Bertz CT molecular complexity index is 810. The summed E-state index contributed by atoms with van der Waals surface area (Å²) in [5.41, 5.74) is 2.64. The molecular formula is C25H38N2O3S. The molecule has 2 aromatic carbocycles. The molecule has 2 aromatic rings. The van der Waals surface area contributed by atoms with Crippen molar-refractivity contribution in [3.8, 4) is 0 Å². The van der Waals surface area contributed by atoms with Crippen LogP contribution in [0.1, 0.15) is 58.4 Å². The largest absolute Gasteiger partial charge is 0.378 e. The van der Waals surface area contributed by atoms with Gasteiger partial charge in [0.1, 0.15) is 0 Å². The second-order valence-electron chi connectivity index (χ2n) is 8.05. The average molecular weight is 447 g/mol. The lowest BCUT2D eigenvalue weighted by Crippen LogP contribution is -2.10. The summed E-state index contributed by atoms with van der Waals surface area (Å²) in [6.07, 6.45) is 7.26. The molecule has 0 aromatic heterocycles. The average Bonchev–Trinajstić information content (AvgIpc) is 2.92. The van der Waals surface area contributed by atoms with Crippen LogP contribution in [0, 0.1) is 16.0 Å². The number of para-hydroxylation sites is 1.